The lowest BCUT2D eigenvalue weighted by Gasteiger charge is -2.26. The van der Waals surface area contributed by atoms with E-state index in [1.807, 2.05) is 24.3 Å². The summed E-state index contributed by atoms with van der Waals surface area (Å²) in [6, 6.07) is 19.6. The van der Waals surface area contributed by atoms with Crippen molar-refractivity contribution in [1.29, 1.82) is 0 Å². The quantitative estimate of drug-likeness (QED) is 0.402. The third-order valence-corrected chi connectivity index (χ3v) is 6.26. The highest BCUT2D eigenvalue weighted by Crippen LogP contribution is 2.35. The SMILES string of the molecule is COC1CCC(c2cc(-c3cccc(-c4cc(-c5ccc(O)cc5)[nH]n4)c3)n[nH]2)CC1. The van der Waals surface area contributed by atoms with Gasteiger partial charge in [0, 0.05) is 29.8 Å². The number of hydrogen-bond donors (Lipinski definition) is 3. The molecule has 2 aromatic heterocycles. The first-order valence-electron chi connectivity index (χ1n) is 10.7. The second kappa shape index (κ2) is 8.40. The average Bonchev–Trinajstić information content (AvgIpc) is 3.50. The molecule has 1 aliphatic carbocycles. The number of aromatic nitrogens is 4. The van der Waals surface area contributed by atoms with Gasteiger partial charge in [-0.2, -0.15) is 10.2 Å². The van der Waals surface area contributed by atoms with Gasteiger partial charge in [0.15, 0.2) is 0 Å². The molecule has 1 aliphatic rings. The summed E-state index contributed by atoms with van der Waals surface area (Å²) in [5, 5.41) is 24.9. The van der Waals surface area contributed by atoms with E-state index < -0.39 is 0 Å². The van der Waals surface area contributed by atoms with Crippen LogP contribution in [0, 0.1) is 0 Å². The van der Waals surface area contributed by atoms with Crippen LogP contribution in [0.25, 0.3) is 33.8 Å². The fourth-order valence-electron chi connectivity index (χ4n) is 4.40. The van der Waals surface area contributed by atoms with E-state index in [1.165, 1.54) is 5.69 Å². The minimum Gasteiger partial charge on any atom is -0.508 e. The van der Waals surface area contributed by atoms with Gasteiger partial charge in [0.05, 0.1) is 23.2 Å². The molecule has 158 valence electrons. The van der Waals surface area contributed by atoms with Crippen molar-refractivity contribution in [3.8, 4) is 39.5 Å². The van der Waals surface area contributed by atoms with Crippen molar-refractivity contribution in [2.45, 2.75) is 37.7 Å². The third kappa shape index (κ3) is 4.11. The van der Waals surface area contributed by atoms with Crippen LogP contribution >= 0.6 is 0 Å². The number of phenols is 1. The molecule has 6 heteroatoms. The fourth-order valence-corrected chi connectivity index (χ4v) is 4.40. The van der Waals surface area contributed by atoms with Crippen LogP contribution in [0.4, 0.5) is 0 Å². The molecular weight excluding hydrogens is 388 g/mol. The Kier molecular flexibility index (Phi) is 5.30. The lowest BCUT2D eigenvalue weighted by molar-refractivity contribution is 0.0655. The van der Waals surface area contributed by atoms with E-state index in [0.29, 0.717) is 12.0 Å². The summed E-state index contributed by atoms with van der Waals surface area (Å²) in [6.45, 7) is 0. The summed E-state index contributed by atoms with van der Waals surface area (Å²) in [4.78, 5) is 0. The van der Waals surface area contributed by atoms with Gasteiger partial charge in [-0.25, -0.2) is 0 Å². The van der Waals surface area contributed by atoms with Gasteiger partial charge in [-0.1, -0.05) is 18.2 Å². The number of aromatic amines is 2. The van der Waals surface area contributed by atoms with Gasteiger partial charge < -0.3 is 9.84 Å². The standard InChI is InChI=1S/C25H26N4O2/c1-31-21-11-7-17(8-12-21)23-15-25(29-27-23)19-4-2-3-18(13-19)24-14-22(26-28-24)16-5-9-20(30)10-6-16/h2-6,9-10,13-15,17,21,30H,7-8,11-12H2,1H3,(H,26,28)(H,27,29). The molecular formula is C25H26N4O2. The van der Waals surface area contributed by atoms with Crippen molar-refractivity contribution >= 4 is 0 Å². The van der Waals surface area contributed by atoms with E-state index in [0.717, 1.165) is 59.5 Å². The van der Waals surface area contributed by atoms with Crippen molar-refractivity contribution in [1.82, 2.24) is 20.4 Å². The Morgan fingerprint density at radius 1 is 0.806 bits per heavy atom. The number of aromatic hydroxyl groups is 1. The topological polar surface area (TPSA) is 86.8 Å². The normalized spacial score (nSPS) is 18.9. The van der Waals surface area contributed by atoms with Gasteiger partial charge >= 0.3 is 0 Å². The molecule has 5 rings (SSSR count). The highest BCUT2D eigenvalue weighted by Gasteiger charge is 2.23. The lowest BCUT2D eigenvalue weighted by Crippen LogP contribution is -2.19. The lowest BCUT2D eigenvalue weighted by atomic mass is 9.85. The average molecular weight is 415 g/mol. The van der Waals surface area contributed by atoms with Crippen molar-refractivity contribution in [2.24, 2.45) is 0 Å². The molecule has 1 fully saturated rings. The molecule has 31 heavy (non-hydrogen) atoms. The van der Waals surface area contributed by atoms with Crippen LogP contribution in [0.1, 0.15) is 37.3 Å². The molecule has 0 unspecified atom stereocenters. The second-order valence-electron chi connectivity index (χ2n) is 8.21. The van der Waals surface area contributed by atoms with Crippen LogP contribution in [0.5, 0.6) is 5.75 Å². The van der Waals surface area contributed by atoms with Crippen LogP contribution in [0.2, 0.25) is 0 Å². The van der Waals surface area contributed by atoms with E-state index in [1.54, 1.807) is 19.2 Å². The largest absolute Gasteiger partial charge is 0.508 e. The molecule has 0 amide bonds. The Morgan fingerprint density at radius 2 is 1.48 bits per heavy atom. The first-order chi connectivity index (χ1) is 15.2. The Balaban J connectivity index is 1.35. The molecule has 2 heterocycles. The van der Waals surface area contributed by atoms with Crippen molar-refractivity contribution in [2.75, 3.05) is 7.11 Å². The number of nitrogens with zero attached hydrogens (tertiary/aromatic N) is 2. The molecule has 0 radical (unpaired) electrons. The van der Waals surface area contributed by atoms with E-state index in [9.17, 15) is 5.11 Å². The Hall–Kier alpha value is -3.38. The molecule has 0 aliphatic heterocycles. The number of hydrogen-bond acceptors (Lipinski definition) is 4. The smallest absolute Gasteiger partial charge is 0.115 e. The zero-order valence-electron chi connectivity index (χ0n) is 17.5. The Bertz CT molecular complexity index is 1150. The van der Waals surface area contributed by atoms with Crippen molar-refractivity contribution in [3.63, 3.8) is 0 Å². The Morgan fingerprint density at radius 3 is 2.19 bits per heavy atom. The number of rotatable bonds is 5. The number of H-pyrrole nitrogens is 2. The molecule has 1 saturated carbocycles. The molecule has 0 saturated heterocycles. The monoisotopic (exact) mass is 414 g/mol. The van der Waals surface area contributed by atoms with E-state index in [2.05, 4.69) is 44.7 Å². The molecule has 0 bridgehead atoms. The van der Waals surface area contributed by atoms with E-state index >= 15 is 0 Å². The number of ether oxygens (including phenoxy) is 1. The number of nitrogens with one attached hydrogen (secondary N) is 2. The molecule has 3 N–H and O–H groups in total. The summed E-state index contributed by atoms with van der Waals surface area (Å²) in [6.07, 6.45) is 4.87. The maximum Gasteiger partial charge on any atom is 0.115 e. The molecule has 4 aromatic rings. The predicted octanol–water partition coefficient (Wildman–Crippen LogP) is 5.51. The number of benzene rings is 2. The highest BCUT2D eigenvalue weighted by atomic mass is 16.5. The summed E-state index contributed by atoms with van der Waals surface area (Å²) in [7, 11) is 1.80. The van der Waals surface area contributed by atoms with Crippen LogP contribution in [-0.2, 0) is 4.74 Å². The maximum absolute atomic E-state index is 9.49. The zero-order valence-corrected chi connectivity index (χ0v) is 17.5. The van der Waals surface area contributed by atoms with E-state index in [4.69, 9.17) is 4.74 Å². The highest BCUT2D eigenvalue weighted by molar-refractivity contribution is 5.73. The van der Waals surface area contributed by atoms with Crippen LogP contribution < -0.4 is 0 Å². The number of methoxy groups -OCH3 is 1. The minimum absolute atomic E-state index is 0.251. The van der Waals surface area contributed by atoms with Gasteiger partial charge in [-0.05, 0) is 73.7 Å². The van der Waals surface area contributed by atoms with Gasteiger partial charge in [0.1, 0.15) is 5.75 Å². The molecule has 0 atom stereocenters. The third-order valence-electron chi connectivity index (χ3n) is 6.26. The second-order valence-corrected chi connectivity index (χ2v) is 8.21. The van der Waals surface area contributed by atoms with Crippen molar-refractivity contribution < 1.29 is 9.84 Å². The first-order valence-corrected chi connectivity index (χ1v) is 10.7. The van der Waals surface area contributed by atoms with Crippen molar-refractivity contribution in [3.05, 3.63) is 66.4 Å². The summed E-state index contributed by atoms with van der Waals surface area (Å²) in [5.74, 6) is 0.774. The van der Waals surface area contributed by atoms with Crippen LogP contribution in [-0.4, -0.2) is 38.7 Å². The van der Waals surface area contributed by atoms with Gasteiger partial charge in [-0.3, -0.25) is 10.2 Å². The molecule has 2 aromatic carbocycles. The minimum atomic E-state index is 0.251. The summed E-state index contributed by atoms with van der Waals surface area (Å²) >= 11 is 0. The van der Waals surface area contributed by atoms with Gasteiger partial charge in [-0.15, -0.1) is 0 Å². The van der Waals surface area contributed by atoms with Gasteiger partial charge in [0.2, 0.25) is 0 Å². The van der Waals surface area contributed by atoms with E-state index in [-0.39, 0.29) is 5.75 Å². The summed E-state index contributed by atoms with van der Waals surface area (Å²) < 4.78 is 5.49. The fraction of sp³-hybridized carbons (Fsp3) is 0.280. The Labute approximate surface area is 181 Å². The molecule has 6 nitrogen and oxygen atoms in total. The zero-order chi connectivity index (χ0) is 21.2. The molecule has 0 spiro atoms. The number of phenolic OH excluding ortho intramolecular Hbond substituents is 1. The van der Waals surface area contributed by atoms with Crippen LogP contribution in [0.15, 0.2) is 60.7 Å². The predicted molar refractivity (Wildman–Crippen MR) is 121 cm³/mol. The first kappa shape index (κ1) is 19.6. The van der Waals surface area contributed by atoms with Gasteiger partial charge in [0.25, 0.3) is 0 Å². The maximum atomic E-state index is 9.49. The summed E-state index contributed by atoms with van der Waals surface area (Å²) in [5.41, 5.74) is 7.04. The van der Waals surface area contributed by atoms with Crippen LogP contribution in [0.3, 0.4) is 0 Å².